The Kier molecular flexibility index (Phi) is 4.18. The molecule has 2 N–H and O–H groups in total. The first-order chi connectivity index (χ1) is 8.67. The average molecular weight is 266 g/mol. The Bertz CT molecular complexity index is 528. The first-order valence-corrected chi connectivity index (χ1v) is 5.92. The van der Waals surface area contributed by atoms with Crippen molar-refractivity contribution in [1.29, 1.82) is 0 Å². The molecule has 0 aliphatic rings. The smallest absolute Gasteiger partial charge is 0.127 e. The van der Waals surface area contributed by atoms with Crippen molar-refractivity contribution >= 4 is 11.6 Å². The van der Waals surface area contributed by atoms with E-state index in [1.165, 1.54) is 12.1 Å². The quantitative estimate of drug-likeness (QED) is 0.918. The predicted molar refractivity (Wildman–Crippen MR) is 70.1 cm³/mol. The van der Waals surface area contributed by atoms with Crippen molar-refractivity contribution in [2.45, 2.75) is 13.2 Å². The number of benzene rings is 2. The van der Waals surface area contributed by atoms with Crippen LogP contribution in [0.2, 0.25) is 5.02 Å². The van der Waals surface area contributed by atoms with Gasteiger partial charge in [-0.05, 0) is 35.4 Å². The molecule has 0 bridgehead atoms. The van der Waals surface area contributed by atoms with E-state index in [0.29, 0.717) is 22.9 Å². The van der Waals surface area contributed by atoms with E-state index in [0.717, 1.165) is 5.56 Å². The molecule has 2 rings (SSSR count). The normalized spacial score (nSPS) is 10.4. The largest absolute Gasteiger partial charge is 0.489 e. The van der Waals surface area contributed by atoms with Crippen LogP contribution in [0.1, 0.15) is 11.1 Å². The first-order valence-electron chi connectivity index (χ1n) is 5.54. The second-order valence-electron chi connectivity index (χ2n) is 3.91. The van der Waals surface area contributed by atoms with Crippen LogP contribution in [0, 0.1) is 5.82 Å². The Morgan fingerprint density at radius 1 is 1.06 bits per heavy atom. The van der Waals surface area contributed by atoms with Gasteiger partial charge in [0.15, 0.2) is 0 Å². The summed E-state index contributed by atoms with van der Waals surface area (Å²) in [6.07, 6.45) is 0. The van der Waals surface area contributed by atoms with Crippen molar-refractivity contribution < 1.29 is 9.13 Å². The van der Waals surface area contributed by atoms with Crippen LogP contribution in [-0.4, -0.2) is 0 Å². The second-order valence-corrected chi connectivity index (χ2v) is 4.35. The minimum atomic E-state index is -0.343. The molecule has 4 heteroatoms. The molecule has 2 aromatic rings. The van der Waals surface area contributed by atoms with E-state index < -0.39 is 0 Å². The van der Waals surface area contributed by atoms with Crippen molar-refractivity contribution in [2.24, 2.45) is 5.73 Å². The number of rotatable bonds is 4. The van der Waals surface area contributed by atoms with Gasteiger partial charge in [0.05, 0.1) is 0 Å². The van der Waals surface area contributed by atoms with Gasteiger partial charge in [-0.3, -0.25) is 0 Å². The van der Waals surface area contributed by atoms with Crippen molar-refractivity contribution in [2.75, 3.05) is 0 Å². The van der Waals surface area contributed by atoms with Crippen LogP contribution >= 0.6 is 11.6 Å². The summed E-state index contributed by atoms with van der Waals surface area (Å²) in [7, 11) is 0. The topological polar surface area (TPSA) is 35.2 Å². The molecule has 94 valence electrons. The monoisotopic (exact) mass is 265 g/mol. The standard InChI is InChI=1S/C14H13ClFNO/c15-12-3-1-10(2-4-12)9-18-14-6-11(8-17)5-13(16)7-14/h1-7H,8-9,17H2. The van der Waals surface area contributed by atoms with E-state index in [9.17, 15) is 4.39 Å². The lowest BCUT2D eigenvalue weighted by atomic mass is 10.2. The van der Waals surface area contributed by atoms with Crippen LogP contribution in [0.4, 0.5) is 4.39 Å². The van der Waals surface area contributed by atoms with E-state index >= 15 is 0 Å². The highest BCUT2D eigenvalue weighted by Crippen LogP contribution is 2.18. The van der Waals surface area contributed by atoms with Gasteiger partial charge in [-0.1, -0.05) is 23.7 Å². The van der Waals surface area contributed by atoms with Crippen LogP contribution in [-0.2, 0) is 13.2 Å². The highest BCUT2D eigenvalue weighted by molar-refractivity contribution is 6.30. The molecule has 0 unspecified atom stereocenters. The molecule has 0 saturated carbocycles. The maximum Gasteiger partial charge on any atom is 0.127 e. The van der Waals surface area contributed by atoms with E-state index in [2.05, 4.69) is 0 Å². The second kappa shape index (κ2) is 5.85. The number of halogens is 2. The maximum absolute atomic E-state index is 13.2. The number of hydrogen-bond acceptors (Lipinski definition) is 2. The molecule has 2 nitrogen and oxygen atoms in total. The van der Waals surface area contributed by atoms with Crippen LogP contribution in [0.15, 0.2) is 42.5 Å². The Labute approximate surface area is 110 Å². The SMILES string of the molecule is NCc1cc(F)cc(OCc2ccc(Cl)cc2)c1. The zero-order chi connectivity index (χ0) is 13.0. The summed E-state index contributed by atoms with van der Waals surface area (Å²) < 4.78 is 18.8. The summed E-state index contributed by atoms with van der Waals surface area (Å²) in [5.74, 6) is 0.134. The highest BCUT2D eigenvalue weighted by Gasteiger charge is 2.01. The lowest BCUT2D eigenvalue weighted by Gasteiger charge is -2.08. The lowest BCUT2D eigenvalue weighted by Crippen LogP contribution is -2.00. The Hall–Kier alpha value is -1.58. The molecular weight excluding hydrogens is 253 g/mol. The van der Waals surface area contributed by atoms with E-state index in [1.54, 1.807) is 18.2 Å². The molecule has 2 aromatic carbocycles. The van der Waals surface area contributed by atoms with Gasteiger partial charge in [0, 0.05) is 17.6 Å². The van der Waals surface area contributed by atoms with Gasteiger partial charge in [0.1, 0.15) is 18.2 Å². The van der Waals surface area contributed by atoms with Crippen LogP contribution in [0.5, 0.6) is 5.75 Å². The number of ether oxygens (including phenoxy) is 1. The summed E-state index contributed by atoms with van der Waals surface area (Å²) >= 11 is 5.78. The van der Waals surface area contributed by atoms with E-state index in [-0.39, 0.29) is 12.4 Å². The molecule has 18 heavy (non-hydrogen) atoms. The molecule has 0 heterocycles. The molecular formula is C14H13ClFNO. The lowest BCUT2D eigenvalue weighted by molar-refractivity contribution is 0.304. The van der Waals surface area contributed by atoms with Gasteiger partial charge in [0.2, 0.25) is 0 Å². The van der Waals surface area contributed by atoms with Gasteiger partial charge in [-0.2, -0.15) is 0 Å². The minimum Gasteiger partial charge on any atom is -0.489 e. The number of hydrogen-bond donors (Lipinski definition) is 1. The molecule has 0 amide bonds. The Balaban J connectivity index is 2.05. The Morgan fingerprint density at radius 2 is 1.78 bits per heavy atom. The summed E-state index contributed by atoms with van der Waals surface area (Å²) in [5, 5.41) is 0.676. The predicted octanol–water partition coefficient (Wildman–Crippen LogP) is 3.52. The summed E-state index contributed by atoms with van der Waals surface area (Å²) in [6.45, 7) is 0.652. The third kappa shape index (κ3) is 3.45. The third-order valence-electron chi connectivity index (χ3n) is 2.49. The molecule has 0 radical (unpaired) electrons. The van der Waals surface area contributed by atoms with Gasteiger partial charge in [0.25, 0.3) is 0 Å². The fraction of sp³-hybridized carbons (Fsp3) is 0.143. The molecule has 0 spiro atoms. The third-order valence-corrected chi connectivity index (χ3v) is 2.74. The van der Waals surface area contributed by atoms with Gasteiger partial charge >= 0.3 is 0 Å². The highest BCUT2D eigenvalue weighted by atomic mass is 35.5. The summed E-state index contributed by atoms with van der Waals surface area (Å²) in [5.41, 5.74) is 7.15. The van der Waals surface area contributed by atoms with Gasteiger partial charge in [-0.25, -0.2) is 4.39 Å². The zero-order valence-corrected chi connectivity index (χ0v) is 10.5. The molecule has 0 atom stereocenters. The molecule has 0 fully saturated rings. The maximum atomic E-state index is 13.2. The molecule has 0 aliphatic heterocycles. The molecule has 0 saturated heterocycles. The van der Waals surface area contributed by atoms with Gasteiger partial charge in [-0.15, -0.1) is 0 Å². The fourth-order valence-corrected chi connectivity index (χ4v) is 1.70. The van der Waals surface area contributed by atoms with Gasteiger partial charge < -0.3 is 10.5 Å². The van der Waals surface area contributed by atoms with Crippen molar-refractivity contribution in [3.63, 3.8) is 0 Å². The molecule has 0 aliphatic carbocycles. The van der Waals surface area contributed by atoms with Crippen LogP contribution in [0.25, 0.3) is 0 Å². The van der Waals surface area contributed by atoms with Crippen LogP contribution in [0.3, 0.4) is 0 Å². The van der Waals surface area contributed by atoms with E-state index in [1.807, 2.05) is 12.1 Å². The van der Waals surface area contributed by atoms with Crippen molar-refractivity contribution in [3.05, 3.63) is 64.4 Å². The zero-order valence-electron chi connectivity index (χ0n) is 9.70. The minimum absolute atomic E-state index is 0.287. The average Bonchev–Trinajstić information content (AvgIpc) is 2.37. The summed E-state index contributed by atoms with van der Waals surface area (Å²) in [6, 6.07) is 11.8. The summed E-state index contributed by atoms with van der Waals surface area (Å²) in [4.78, 5) is 0. The fourth-order valence-electron chi connectivity index (χ4n) is 1.57. The Morgan fingerprint density at radius 3 is 2.44 bits per heavy atom. The number of nitrogens with two attached hydrogens (primary N) is 1. The van der Waals surface area contributed by atoms with Crippen LogP contribution < -0.4 is 10.5 Å². The van der Waals surface area contributed by atoms with E-state index in [4.69, 9.17) is 22.1 Å². The van der Waals surface area contributed by atoms with Crippen molar-refractivity contribution in [3.8, 4) is 5.75 Å². The first kappa shape index (κ1) is 12.9. The molecule has 0 aromatic heterocycles. The van der Waals surface area contributed by atoms with Crippen molar-refractivity contribution in [1.82, 2.24) is 0 Å².